The van der Waals surface area contributed by atoms with Gasteiger partial charge in [0.2, 0.25) is 0 Å². The van der Waals surface area contributed by atoms with Crippen molar-refractivity contribution in [2.24, 2.45) is 0 Å². The summed E-state index contributed by atoms with van der Waals surface area (Å²) in [6.07, 6.45) is 1.56. The quantitative estimate of drug-likeness (QED) is 0.874. The highest BCUT2D eigenvalue weighted by molar-refractivity contribution is 5.92. The molecule has 0 aromatic carbocycles. The summed E-state index contributed by atoms with van der Waals surface area (Å²) >= 11 is 0. The normalized spacial score (nSPS) is 22.2. The first kappa shape index (κ1) is 16.5. The Hall–Kier alpha value is -1.89. The summed E-state index contributed by atoms with van der Waals surface area (Å²) in [6.45, 7) is 6.24. The minimum atomic E-state index is -1.14. The third kappa shape index (κ3) is 3.85. The average Bonchev–Trinajstić information content (AvgIpc) is 2.41. The fourth-order valence-electron chi connectivity index (χ4n) is 2.41. The lowest BCUT2D eigenvalue weighted by Gasteiger charge is -2.37. The van der Waals surface area contributed by atoms with Crippen LogP contribution in [0.4, 0.5) is 20.6 Å². The van der Waals surface area contributed by atoms with Crippen molar-refractivity contribution in [3.8, 4) is 0 Å². The van der Waals surface area contributed by atoms with E-state index in [1.54, 1.807) is 26.8 Å². The molecule has 1 aliphatic rings. The van der Waals surface area contributed by atoms with E-state index >= 15 is 0 Å². The van der Waals surface area contributed by atoms with Crippen LogP contribution in [0.5, 0.6) is 0 Å². The van der Waals surface area contributed by atoms with Crippen molar-refractivity contribution in [3.63, 3.8) is 0 Å². The second kappa shape index (κ2) is 6.48. The van der Waals surface area contributed by atoms with Gasteiger partial charge in [-0.3, -0.25) is 9.88 Å². The second-order valence-electron chi connectivity index (χ2n) is 6.36. The third-order valence-electron chi connectivity index (χ3n) is 3.38. The fourth-order valence-corrected chi connectivity index (χ4v) is 2.41. The number of carbonyl (C=O) groups excluding carboxylic acids is 1. The molecule has 2 heterocycles. The number of alkyl halides is 1. The molecule has 0 aliphatic carbocycles. The second-order valence-corrected chi connectivity index (χ2v) is 6.36. The number of hydrogen-bond acceptors (Lipinski definition) is 5. The number of anilines is 2. The van der Waals surface area contributed by atoms with Crippen molar-refractivity contribution in [3.05, 3.63) is 18.5 Å². The maximum atomic E-state index is 14.4. The fraction of sp³-hybridized carbons (Fsp3) is 0.600. The first-order valence-corrected chi connectivity index (χ1v) is 7.36. The molecule has 3 N–H and O–H groups in total. The molecule has 0 saturated carbocycles. The van der Waals surface area contributed by atoms with Crippen LogP contribution in [0.15, 0.2) is 18.5 Å². The van der Waals surface area contributed by atoms with E-state index in [0.717, 1.165) is 0 Å². The van der Waals surface area contributed by atoms with Crippen LogP contribution in [-0.2, 0) is 4.74 Å². The SMILES string of the molecule is CC(C)(C)OC(=O)N(c1ccncc1N)C1CNCCC1F. The summed E-state index contributed by atoms with van der Waals surface area (Å²) in [7, 11) is 0. The molecule has 7 heteroatoms. The van der Waals surface area contributed by atoms with E-state index in [9.17, 15) is 9.18 Å². The molecule has 122 valence electrons. The first-order chi connectivity index (χ1) is 10.3. The summed E-state index contributed by atoms with van der Waals surface area (Å²) < 4.78 is 19.8. The molecular formula is C15H23FN4O2. The predicted octanol–water partition coefficient (Wildman–Crippen LogP) is 2.11. The van der Waals surface area contributed by atoms with Crippen LogP contribution in [0, 0.1) is 0 Å². The van der Waals surface area contributed by atoms with Crippen LogP contribution in [0.3, 0.4) is 0 Å². The lowest BCUT2D eigenvalue weighted by atomic mass is 10.0. The maximum absolute atomic E-state index is 14.4. The number of amides is 1. The zero-order chi connectivity index (χ0) is 16.3. The molecule has 2 unspecified atom stereocenters. The number of ether oxygens (including phenoxy) is 1. The van der Waals surface area contributed by atoms with Gasteiger partial charge in [-0.05, 0) is 39.8 Å². The van der Waals surface area contributed by atoms with Crippen molar-refractivity contribution in [2.75, 3.05) is 23.7 Å². The number of piperidine rings is 1. The lowest BCUT2D eigenvalue weighted by molar-refractivity contribution is 0.0535. The summed E-state index contributed by atoms with van der Waals surface area (Å²) in [5, 5.41) is 3.11. The molecule has 0 radical (unpaired) electrons. The number of halogens is 1. The molecule has 1 saturated heterocycles. The molecule has 2 atom stereocenters. The Morgan fingerprint density at radius 3 is 2.86 bits per heavy atom. The van der Waals surface area contributed by atoms with Gasteiger partial charge in [-0.25, -0.2) is 9.18 Å². The monoisotopic (exact) mass is 310 g/mol. The Bertz CT molecular complexity index is 533. The van der Waals surface area contributed by atoms with Crippen LogP contribution in [0.1, 0.15) is 27.2 Å². The maximum Gasteiger partial charge on any atom is 0.415 e. The molecular weight excluding hydrogens is 287 g/mol. The Balaban J connectivity index is 2.36. The Morgan fingerprint density at radius 1 is 1.55 bits per heavy atom. The van der Waals surface area contributed by atoms with E-state index in [-0.39, 0.29) is 0 Å². The zero-order valence-corrected chi connectivity index (χ0v) is 13.2. The van der Waals surface area contributed by atoms with Crippen LogP contribution in [-0.4, -0.2) is 42.0 Å². The van der Waals surface area contributed by atoms with Gasteiger partial charge in [0, 0.05) is 12.7 Å². The van der Waals surface area contributed by atoms with E-state index < -0.39 is 23.9 Å². The van der Waals surface area contributed by atoms with Gasteiger partial charge < -0.3 is 15.8 Å². The van der Waals surface area contributed by atoms with E-state index in [0.29, 0.717) is 30.9 Å². The highest BCUT2D eigenvalue weighted by atomic mass is 19.1. The Labute approximate surface area is 129 Å². The van der Waals surface area contributed by atoms with Gasteiger partial charge in [-0.15, -0.1) is 0 Å². The van der Waals surface area contributed by atoms with Crippen molar-refractivity contribution >= 4 is 17.5 Å². The number of nitrogen functional groups attached to an aromatic ring is 1. The van der Waals surface area contributed by atoms with Crippen LogP contribution >= 0.6 is 0 Å². The van der Waals surface area contributed by atoms with Crippen molar-refractivity contribution in [1.82, 2.24) is 10.3 Å². The molecule has 6 nitrogen and oxygen atoms in total. The highest BCUT2D eigenvalue weighted by Gasteiger charge is 2.37. The van der Waals surface area contributed by atoms with Gasteiger partial charge in [0.1, 0.15) is 11.8 Å². The molecule has 1 amide bonds. The number of nitrogens with one attached hydrogen (secondary N) is 1. The average molecular weight is 310 g/mol. The minimum Gasteiger partial charge on any atom is -0.443 e. The highest BCUT2D eigenvalue weighted by Crippen LogP contribution is 2.29. The molecule has 1 aromatic rings. The molecule has 22 heavy (non-hydrogen) atoms. The molecule has 1 aliphatic heterocycles. The van der Waals surface area contributed by atoms with Gasteiger partial charge in [-0.2, -0.15) is 0 Å². The topological polar surface area (TPSA) is 80.5 Å². The number of nitrogens with two attached hydrogens (primary N) is 1. The smallest absolute Gasteiger partial charge is 0.415 e. The summed E-state index contributed by atoms with van der Waals surface area (Å²) in [5.41, 5.74) is 5.97. The van der Waals surface area contributed by atoms with E-state index in [2.05, 4.69) is 10.3 Å². The number of pyridine rings is 1. The van der Waals surface area contributed by atoms with Gasteiger partial charge in [0.15, 0.2) is 0 Å². The van der Waals surface area contributed by atoms with Gasteiger partial charge in [-0.1, -0.05) is 0 Å². The summed E-state index contributed by atoms with van der Waals surface area (Å²) in [5.74, 6) is 0. The van der Waals surface area contributed by atoms with Crippen LogP contribution in [0.25, 0.3) is 0 Å². The number of rotatable bonds is 2. The van der Waals surface area contributed by atoms with Gasteiger partial charge in [0.05, 0.1) is 23.6 Å². The van der Waals surface area contributed by atoms with Gasteiger partial charge in [0.25, 0.3) is 0 Å². The largest absolute Gasteiger partial charge is 0.443 e. The predicted molar refractivity (Wildman–Crippen MR) is 83.5 cm³/mol. The Morgan fingerprint density at radius 2 is 2.27 bits per heavy atom. The summed E-state index contributed by atoms with van der Waals surface area (Å²) in [6, 6.07) is 0.939. The van der Waals surface area contributed by atoms with E-state index in [4.69, 9.17) is 10.5 Å². The molecule has 1 fully saturated rings. The number of carbonyl (C=O) groups is 1. The van der Waals surface area contributed by atoms with Crippen molar-refractivity contribution < 1.29 is 13.9 Å². The molecule has 0 spiro atoms. The van der Waals surface area contributed by atoms with Crippen molar-refractivity contribution in [2.45, 2.75) is 45.0 Å². The first-order valence-electron chi connectivity index (χ1n) is 7.36. The Kier molecular flexibility index (Phi) is 4.85. The number of nitrogens with zero attached hydrogens (tertiary/aromatic N) is 2. The van der Waals surface area contributed by atoms with Crippen LogP contribution in [0.2, 0.25) is 0 Å². The summed E-state index contributed by atoms with van der Waals surface area (Å²) in [4.78, 5) is 17.8. The van der Waals surface area contributed by atoms with Crippen LogP contribution < -0.4 is 16.0 Å². The zero-order valence-electron chi connectivity index (χ0n) is 13.2. The van der Waals surface area contributed by atoms with Gasteiger partial charge >= 0.3 is 6.09 Å². The molecule has 1 aromatic heterocycles. The lowest BCUT2D eigenvalue weighted by Crippen LogP contribution is -2.56. The van der Waals surface area contributed by atoms with E-state index in [1.165, 1.54) is 17.3 Å². The van der Waals surface area contributed by atoms with E-state index in [1.807, 2.05) is 0 Å². The molecule has 0 bridgehead atoms. The number of aromatic nitrogens is 1. The molecule has 2 rings (SSSR count). The third-order valence-corrected chi connectivity index (χ3v) is 3.38. The number of hydrogen-bond donors (Lipinski definition) is 2. The minimum absolute atomic E-state index is 0.311. The standard InChI is InChI=1S/C15H23FN4O2/c1-15(2,3)22-14(21)20(12-5-7-18-8-11(12)17)13-9-19-6-4-10(13)16/h5,7-8,10,13,19H,4,6,9,17H2,1-3H3. The van der Waals surface area contributed by atoms with Crippen molar-refractivity contribution in [1.29, 1.82) is 0 Å².